The number of aromatic nitrogens is 3. The molecule has 4 rings (SSSR count). The molecule has 0 bridgehead atoms. The minimum atomic E-state index is 0.754. The fourth-order valence-corrected chi connectivity index (χ4v) is 3.72. The van der Waals surface area contributed by atoms with Crippen molar-refractivity contribution in [3.8, 4) is 0 Å². The molecule has 2 aromatic heterocycles. The van der Waals surface area contributed by atoms with Gasteiger partial charge in [0.15, 0.2) is 0 Å². The monoisotopic (exact) mass is 365 g/mol. The molecule has 0 radical (unpaired) electrons. The van der Waals surface area contributed by atoms with Crippen LogP contribution >= 0.6 is 0 Å². The van der Waals surface area contributed by atoms with E-state index in [0.717, 1.165) is 62.8 Å². The van der Waals surface area contributed by atoms with Gasteiger partial charge in [0.2, 0.25) is 0 Å². The summed E-state index contributed by atoms with van der Waals surface area (Å²) in [7, 11) is 0. The van der Waals surface area contributed by atoms with Crippen LogP contribution < -0.4 is 5.32 Å². The molecule has 3 aromatic rings. The number of hydrogen-bond donors (Lipinski definition) is 1. The van der Waals surface area contributed by atoms with Crippen LogP contribution in [0.2, 0.25) is 0 Å². The smallest absolute Gasteiger partial charge is 0.145 e. The summed E-state index contributed by atoms with van der Waals surface area (Å²) in [5.41, 5.74) is 4.78. The molecule has 0 unspecified atom stereocenters. The van der Waals surface area contributed by atoms with Gasteiger partial charge in [0, 0.05) is 38.4 Å². The molecular weight excluding hydrogens is 338 g/mol. The molecule has 1 aliphatic heterocycles. The lowest BCUT2D eigenvalue weighted by Gasteiger charge is -2.26. The summed E-state index contributed by atoms with van der Waals surface area (Å²) in [6, 6.07) is 10.4. The third-order valence-corrected chi connectivity index (χ3v) is 5.45. The first-order chi connectivity index (χ1) is 13.2. The van der Waals surface area contributed by atoms with Gasteiger partial charge >= 0.3 is 0 Å². The van der Waals surface area contributed by atoms with E-state index < -0.39 is 0 Å². The fourth-order valence-electron chi connectivity index (χ4n) is 3.72. The summed E-state index contributed by atoms with van der Waals surface area (Å²) < 4.78 is 7.78. The Kier molecular flexibility index (Phi) is 5.36. The standard InChI is InChI=1S/C21H27N5O/c1-16-17(2)26(9-8-25-10-12-27-13-11-25)21-19(16)20(23-15-24-21)22-14-18-6-4-3-5-7-18/h3-7,15H,8-14H2,1-2H3,(H,22,23,24). The van der Waals surface area contributed by atoms with Crippen molar-refractivity contribution in [3.05, 3.63) is 53.5 Å². The number of rotatable bonds is 6. The van der Waals surface area contributed by atoms with E-state index in [-0.39, 0.29) is 0 Å². The van der Waals surface area contributed by atoms with E-state index >= 15 is 0 Å². The molecule has 3 heterocycles. The van der Waals surface area contributed by atoms with E-state index in [1.165, 1.54) is 16.8 Å². The number of hydrogen-bond acceptors (Lipinski definition) is 5. The zero-order valence-electron chi connectivity index (χ0n) is 16.1. The van der Waals surface area contributed by atoms with E-state index in [1.54, 1.807) is 6.33 Å². The van der Waals surface area contributed by atoms with Crippen molar-refractivity contribution < 1.29 is 4.74 Å². The molecule has 1 aliphatic rings. The van der Waals surface area contributed by atoms with E-state index in [4.69, 9.17) is 4.74 Å². The van der Waals surface area contributed by atoms with E-state index in [2.05, 4.69) is 62.9 Å². The molecule has 6 nitrogen and oxygen atoms in total. The van der Waals surface area contributed by atoms with Gasteiger partial charge in [-0.2, -0.15) is 0 Å². The van der Waals surface area contributed by atoms with Crippen LogP contribution in [0.25, 0.3) is 11.0 Å². The first-order valence-corrected chi connectivity index (χ1v) is 9.62. The molecule has 6 heteroatoms. The third-order valence-electron chi connectivity index (χ3n) is 5.45. The lowest BCUT2D eigenvalue weighted by molar-refractivity contribution is 0.0364. The van der Waals surface area contributed by atoms with Crippen LogP contribution in [0.15, 0.2) is 36.7 Å². The minimum absolute atomic E-state index is 0.754. The van der Waals surface area contributed by atoms with Gasteiger partial charge in [0.25, 0.3) is 0 Å². The molecule has 1 aromatic carbocycles. The molecule has 1 N–H and O–H groups in total. The number of fused-ring (bicyclic) bond motifs is 1. The van der Waals surface area contributed by atoms with Crippen molar-refractivity contribution in [2.24, 2.45) is 0 Å². The predicted molar refractivity (Wildman–Crippen MR) is 108 cm³/mol. The normalized spacial score (nSPS) is 15.3. The average Bonchev–Trinajstić information content (AvgIpc) is 2.97. The molecule has 27 heavy (non-hydrogen) atoms. The first kappa shape index (κ1) is 17.9. The molecule has 0 spiro atoms. The maximum absolute atomic E-state index is 5.45. The molecule has 0 amide bonds. The highest BCUT2D eigenvalue weighted by Gasteiger charge is 2.17. The first-order valence-electron chi connectivity index (χ1n) is 9.62. The lowest BCUT2D eigenvalue weighted by Crippen LogP contribution is -2.38. The molecule has 1 fully saturated rings. The molecule has 1 saturated heterocycles. The predicted octanol–water partition coefficient (Wildman–Crippen LogP) is 2.99. The van der Waals surface area contributed by atoms with Gasteiger partial charge in [-0.05, 0) is 25.0 Å². The topological polar surface area (TPSA) is 55.2 Å². The van der Waals surface area contributed by atoms with Crippen LogP contribution in [0.4, 0.5) is 5.82 Å². The number of nitrogens with one attached hydrogen (secondary N) is 1. The number of anilines is 1. The van der Waals surface area contributed by atoms with Crippen LogP contribution in [0, 0.1) is 13.8 Å². The van der Waals surface area contributed by atoms with Crippen molar-refractivity contribution >= 4 is 16.9 Å². The van der Waals surface area contributed by atoms with Crippen LogP contribution in [0.1, 0.15) is 16.8 Å². The van der Waals surface area contributed by atoms with Crippen molar-refractivity contribution in [1.82, 2.24) is 19.4 Å². The molecule has 0 atom stereocenters. The zero-order chi connectivity index (χ0) is 18.6. The van der Waals surface area contributed by atoms with Gasteiger partial charge in [-0.3, -0.25) is 4.90 Å². The summed E-state index contributed by atoms with van der Waals surface area (Å²) in [6.07, 6.45) is 1.67. The maximum atomic E-state index is 5.45. The Balaban J connectivity index is 1.57. The minimum Gasteiger partial charge on any atom is -0.379 e. The van der Waals surface area contributed by atoms with Gasteiger partial charge in [-0.15, -0.1) is 0 Å². The number of benzene rings is 1. The van der Waals surface area contributed by atoms with Crippen molar-refractivity contribution in [3.63, 3.8) is 0 Å². The Morgan fingerprint density at radius 2 is 1.81 bits per heavy atom. The highest BCUT2D eigenvalue weighted by Crippen LogP contribution is 2.29. The quantitative estimate of drug-likeness (QED) is 0.728. The summed E-state index contributed by atoms with van der Waals surface area (Å²) in [6.45, 7) is 10.7. The molecule has 0 saturated carbocycles. The maximum Gasteiger partial charge on any atom is 0.145 e. The molecule has 0 aliphatic carbocycles. The Morgan fingerprint density at radius 1 is 1.04 bits per heavy atom. The summed E-state index contributed by atoms with van der Waals surface area (Å²) in [5.74, 6) is 0.912. The van der Waals surface area contributed by atoms with Crippen LogP contribution in [-0.4, -0.2) is 52.3 Å². The second-order valence-electron chi connectivity index (χ2n) is 7.08. The highest BCUT2D eigenvalue weighted by atomic mass is 16.5. The summed E-state index contributed by atoms with van der Waals surface area (Å²) in [5, 5.41) is 4.63. The average molecular weight is 365 g/mol. The Hall–Kier alpha value is -2.44. The van der Waals surface area contributed by atoms with E-state index in [9.17, 15) is 0 Å². The SMILES string of the molecule is Cc1c(C)n(CCN2CCOCC2)c2ncnc(NCc3ccccc3)c12. The van der Waals surface area contributed by atoms with Gasteiger partial charge in [-0.1, -0.05) is 30.3 Å². The van der Waals surface area contributed by atoms with Crippen LogP contribution in [0.5, 0.6) is 0 Å². The Bertz CT molecular complexity index is 900. The van der Waals surface area contributed by atoms with Crippen LogP contribution in [0.3, 0.4) is 0 Å². The summed E-state index contributed by atoms with van der Waals surface area (Å²) in [4.78, 5) is 11.6. The molecular formula is C21H27N5O. The van der Waals surface area contributed by atoms with Gasteiger partial charge < -0.3 is 14.6 Å². The second kappa shape index (κ2) is 8.06. The van der Waals surface area contributed by atoms with E-state index in [1.807, 2.05) is 6.07 Å². The van der Waals surface area contributed by atoms with Gasteiger partial charge in [0.1, 0.15) is 17.8 Å². The van der Waals surface area contributed by atoms with Crippen LogP contribution in [-0.2, 0) is 17.8 Å². The van der Waals surface area contributed by atoms with Crippen molar-refractivity contribution in [2.45, 2.75) is 26.9 Å². The fraction of sp³-hybridized carbons (Fsp3) is 0.429. The number of nitrogens with zero attached hydrogens (tertiary/aromatic N) is 4. The molecule has 142 valence electrons. The zero-order valence-corrected chi connectivity index (χ0v) is 16.1. The second-order valence-corrected chi connectivity index (χ2v) is 7.08. The van der Waals surface area contributed by atoms with Crippen molar-refractivity contribution in [2.75, 3.05) is 38.2 Å². The Morgan fingerprint density at radius 3 is 2.59 bits per heavy atom. The third kappa shape index (κ3) is 3.82. The van der Waals surface area contributed by atoms with E-state index in [0.29, 0.717) is 0 Å². The highest BCUT2D eigenvalue weighted by molar-refractivity contribution is 5.91. The largest absolute Gasteiger partial charge is 0.379 e. The summed E-state index contributed by atoms with van der Waals surface area (Å²) >= 11 is 0. The number of aryl methyl sites for hydroxylation is 1. The number of morpholine rings is 1. The van der Waals surface area contributed by atoms with Gasteiger partial charge in [-0.25, -0.2) is 9.97 Å². The van der Waals surface area contributed by atoms with Crippen molar-refractivity contribution in [1.29, 1.82) is 0 Å². The lowest BCUT2D eigenvalue weighted by atomic mass is 10.2. The number of ether oxygens (including phenoxy) is 1. The van der Waals surface area contributed by atoms with Gasteiger partial charge in [0.05, 0.1) is 18.6 Å². The Labute approximate surface area is 160 Å².